The summed E-state index contributed by atoms with van der Waals surface area (Å²) in [6.45, 7) is 13.1. The highest BCUT2D eigenvalue weighted by atomic mass is 32.2. The van der Waals surface area contributed by atoms with Crippen molar-refractivity contribution in [2.75, 3.05) is 33.7 Å². The highest BCUT2D eigenvalue weighted by Crippen LogP contribution is 2.37. The molecule has 3 rings (SSSR count). The minimum absolute atomic E-state index is 0.0569. The predicted octanol–water partition coefficient (Wildman–Crippen LogP) is 7.24. The summed E-state index contributed by atoms with van der Waals surface area (Å²) in [5.74, 6) is 0.736. The molecule has 0 aliphatic rings. The number of hydrogen-bond acceptors (Lipinski definition) is 10. The zero-order chi connectivity index (χ0) is 31.1. The van der Waals surface area contributed by atoms with Gasteiger partial charge >= 0.3 is 6.09 Å². The highest BCUT2D eigenvalue weighted by molar-refractivity contribution is 8.15. The molecule has 1 amide bonds. The third-order valence-corrected chi connectivity index (χ3v) is 12.0. The van der Waals surface area contributed by atoms with Crippen LogP contribution in [0.1, 0.15) is 32.2 Å². The first-order chi connectivity index (χ1) is 19.8. The number of aryl methyl sites for hydroxylation is 1. The molecule has 226 valence electrons. The maximum atomic E-state index is 15.7. The second-order valence-corrected chi connectivity index (χ2v) is 16.3. The van der Waals surface area contributed by atoms with Crippen molar-refractivity contribution in [1.29, 1.82) is 0 Å². The number of halogens is 1. The second kappa shape index (κ2) is 14.1. The predicted molar refractivity (Wildman–Crippen MR) is 166 cm³/mol. The molecular weight excluding hydrogens is 579 g/mol. The van der Waals surface area contributed by atoms with Crippen LogP contribution < -0.4 is 9.47 Å². The lowest BCUT2D eigenvalue weighted by atomic mass is 10.1. The van der Waals surface area contributed by atoms with Crippen LogP contribution in [0.2, 0.25) is 18.1 Å². The van der Waals surface area contributed by atoms with Crippen LogP contribution in [0.25, 0.3) is 11.4 Å². The van der Waals surface area contributed by atoms with E-state index in [1.165, 1.54) is 26.4 Å². The van der Waals surface area contributed by atoms with Crippen molar-refractivity contribution in [3.8, 4) is 22.9 Å². The minimum atomic E-state index is -1.96. The minimum Gasteiger partial charge on any atom is -0.493 e. The normalized spacial score (nSPS) is 12.8. The maximum absolute atomic E-state index is 15.7. The summed E-state index contributed by atoms with van der Waals surface area (Å²) in [6, 6.07) is 9.65. The number of aliphatic imine (C=N–C) groups is 2. The number of hydrogen-bond donors (Lipinski definition) is 0. The molecule has 3 aromatic rings. The van der Waals surface area contributed by atoms with Gasteiger partial charge in [0.2, 0.25) is 11.7 Å². The number of amides is 1. The van der Waals surface area contributed by atoms with Gasteiger partial charge in [-0.15, -0.1) is 11.8 Å². The van der Waals surface area contributed by atoms with Crippen molar-refractivity contribution >= 4 is 42.6 Å². The van der Waals surface area contributed by atoms with Crippen LogP contribution >= 0.6 is 11.8 Å². The van der Waals surface area contributed by atoms with Gasteiger partial charge in [-0.05, 0) is 54.7 Å². The molecule has 0 fully saturated rings. The highest BCUT2D eigenvalue weighted by Gasteiger charge is 2.37. The summed E-state index contributed by atoms with van der Waals surface area (Å²) in [6.07, 6.45) is 0.859. The number of thioether (sulfide) groups is 1. The number of benzene rings is 2. The Bertz CT molecular complexity index is 1450. The van der Waals surface area contributed by atoms with Gasteiger partial charge in [-0.2, -0.15) is 9.98 Å². The molecule has 1 heterocycles. The van der Waals surface area contributed by atoms with Crippen LogP contribution in [0.4, 0.5) is 14.9 Å². The third-order valence-electron chi connectivity index (χ3n) is 6.78. The van der Waals surface area contributed by atoms with Crippen LogP contribution in [0.15, 0.2) is 50.9 Å². The number of methoxy groups -OCH3 is 2. The molecule has 42 heavy (non-hydrogen) atoms. The monoisotopic (exact) mass is 616 g/mol. The van der Waals surface area contributed by atoms with Crippen LogP contribution in [-0.2, 0) is 9.16 Å². The molecule has 10 nitrogen and oxygen atoms in total. The van der Waals surface area contributed by atoms with E-state index in [2.05, 4.69) is 54.0 Å². The number of ether oxygens (including phenoxy) is 3. The second-order valence-electron chi connectivity index (χ2n) is 10.7. The molecule has 0 unspecified atom stereocenters. The topological polar surface area (TPSA) is 118 Å². The van der Waals surface area contributed by atoms with Crippen molar-refractivity contribution in [3.05, 3.63) is 53.7 Å². The fraction of sp³-hybridized carbons (Fsp3) is 0.414. The van der Waals surface area contributed by atoms with E-state index in [9.17, 15) is 4.79 Å². The molecule has 0 saturated heterocycles. The van der Waals surface area contributed by atoms with E-state index in [1.807, 2.05) is 0 Å². The van der Waals surface area contributed by atoms with Crippen molar-refractivity contribution in [1.82, 2.24) is 10.1 Å². The summed E-state index contributed by atoms with van der Waals surface area (Å²) in [5, 5.41) is 4.13. The summed E-state index contributed by atoms with van der Waals surface area (Å²) in [7, 11) is 0.715. The van der Waals surface area contributed by atoms with Gasteiger partial charge in [0.15, 0.2) is 19.8 Å². The van der Waals surface area contributed by atoms with E-state index < -0.39 is 20.2 Å². The summed E-state index contributed by atoms with van der Waals surface area (Å²) >= 11 is 1.12. The number of carbonyl (C=O) groups excluding carboxylic acids is 1. The summed E-state index contributed by atoms with van der Waals surface area (Å²) in [5.41, 5.74) is 1.36. The van der Waals surface area contributed by atoms with Crippen molar-refractivity contribution in [2.45, 2.75) is 45.8 Å². The van der Waals surface area contributed by atoms with Crippen LogP contribution in [0.5, 0.6) is 11.5 Å². The van der Waals surface area contributed by atoms with Gasteiger partial charge in [0.05, 0.1) is 26.5 Å². The molecule has 0 saturated carbocycles. The summed E-state index contributed by atoms with van der Waals surface area (Å²) < 4.78 is 43.1. The SMILES string of the molecule is COC(=O)N=C(SC)C(=Nc1ccc(-c2noc(C)n2)cc1)c1cc(OC)c(OCCO[Si](C)(C)C(C)(C)C)cc1F. The number of carbonyl (C=O) groups is 1. The molecule has 0 aliphatic heterocycles. The van der Waals surface area contributed by atoms with Crippen LogP contribution in [0.3, 0.4) is 0 Å². The molecule has 0 bridgehead atoms. The molecule has 1 aromatic heterocycles. The quantitative estimate of drug-likeness (QED) is 0.100. The molecule has 0 radical (unpaired) electrons. The van der Waals surface area contributed by atoms with Gasteiger partial charge in [-0.3, -0.25) is 0 Å². The summed E-state index contributed by atoms with van der Waals surface area (Å²) in [4.78, 5) is 24.9. The van der Waals surface area contributed by atoms with E-state index in [0.717, 1.165) is 11.8 Å². The Kier molecular flexibility index (Phi) is 11.0. The van der Waals surface area contributed by atoms with Gasteiger partial charge in [0.25, 0.3) is 0 Å². The zero-order valence-corrected chi connectivity index (χ0v) is 27.2. The Morgan fingerprint density at radius 1 is 1.10 bits per heavy atom. The van der Waals surface area contributed by atoms with E-state index in [-0.39, 0.29) is 39.5 Å². The van der Waals surface area contributed by atoms with Gasteiger partial charge in [0.1, 0.15) is 23.2 Å². The standard InChI is InChI=1S/C29H37FN4O6SSi/c1-18-31-26(34-40-18)19-10-12-20(13-11-19)32-25(27(41-7)33-28(35)37-6)21-16-23(36-5)24(17-22(21)30)38-14-15-39-42(8,9)29(2,3)4/h10-13,16-17H,14-15H2,1-9H3. The van der Waals surface area contributed by atoms with Crippen molar-refractivity contribution in [3.63, 3.8) is 0 Å². The third kappa shape index (κ3) is 8.26. The first-order valence-corrected chi connectivity index (χ1v) is 17.3. The Morgan fingerprint density at radius 2 is 1.79 bits per heavy atom. The fourth-order valence-corrected chi connectivity index (χ4v) is 4.97. The van der Waals surface area contributed by atoms with Crippen molar-refractivity contribution < 1.29 is 32.3 Å². The largest absolute Gasteiger partial charge is 0.493 e. The Labute approximate surface area is 250 Å². The first kappa shape index (κ1) is 33.0. The molecular formula is C29H37FN4O6SSi. The maximum Gasteiger partial charge on any atom is 0.434 e. The number of rotatable bonds is 10. The molecule has 13 heteroatoms. The number of nitrogens with zero attached hydrogens (tertiary/aromatic N) is 4. The van der Waals surface area contributed by atoms with Gasteiger partial charge in [0, 0.05) is 24.1 Å². The van der Waals surface area contributed by atoms with E-state index in [4.69, 9.17) is 23.2 Å². The van der Waals surface area contributed by atoms with Crippen LogP contribution in [-0.4, -0.2) is 69.0 Å². The average Bonchev–Trinajstić information content (AvgIpc) is 3.39. The Morgan fingerprint density at radius 3 is 2.33 bits per heavy atom. The van der Waals surface area contributed by atoms with Gasteiger partial charge in [-0.1, -0.05) is 25.9 Å². The molecule has 0 N–H and O–H groups in total. The fourth-order valence-electron chi connectivity index (χ4n) is 3.43. The van der Waals surface area contributed by atoms with Crippen LogP contribution in [0, 0.1) is 12.7 Å². The first-order valence-electron chi connectivity index (χ1n) is 13.1. The Hall–Kier alpha value is -3.55. The molecule has 0 aliphatic carbocycles. The van der Waals surface area contributed by atoms with E-state index in [0.29, 0.717) is 29.6 Å². The average molecular weight is 617 g/mol. The lowest BCUT2D eigenvalue weighted by Gasteiger charge is -2.36. The lowest BCUT2D eigenvalue weighted by Crippen LogP contribution is -2.41. The van der Waals surface area contributed by atoms with Gasteiger partial charge < -0.3 is 23.2 Å². The van der Waals surface area contributed by atoms with E-state index >= 15 is 4.39 Å². The van der Waals surface area contributed by atoms with E-state index in [1.54, 1.807) is 37.4 Å². The smallest absolute Gasteiger partial charge is 0.434 e. The molecule has 2 aromatic carbocycles. The lowest BCUT2D eigenvalue weighted by molar-refractivity contribution is 0.183. The number of aromatic nitrogens is 2. The van der Waals surface area contributed by atoms with Crippen molar-refractivity contribution in [2.24, 2.45) is 9.98 Å². The Balaban J connectivity index is 1.97. The molecule has 0 spiro atoms. The molecule has 0 atom stereocenters. The van der Waals surface area contributed by atoms with Gasteiger partial charge in [-0.25, -0.2) is 14.2 Å². The zero-order valence-electron chi connectivity index (χ0n) is 25.4.